The monoisotopic (exact) mass is 188 g/mol. The van der Waals surface area contributed by atoms with E-state index in [4.69, 9.17) is 0 Å². The van der Waals surface area contributed by atoms with Crippen LogP contribution in [0.5, 0.6) is 0 Å². The topological polar surface area (TPSA) is 0 Å². The van der Waals surface area contributed by atoms with Crippen molar-refractivity contribution in [2.45, 2.75) is 69.2 Å². The molecule has 0 atom stereocenters. The molecule has 0 amide bonds. The summed E-state index contributed by atoms with van der Waals surface area (Å²) < 4.78 is 0. The number of hydrogen-bond acceptors (Lipinski definition) is 0. The summed E-state index contributed by atoms with van der Waals surface area (Å²) in [5, 5.41) is 0. The fourth-order valence-electron chi connectivity index (χ4n) is 0. The van der Waals surface area contributed by atoms with E-state index in [2.05, 4.69) is 0 Å². The fraction of sp³-hybridized carbons (Fsp3) is 1.00. The first-order valence-corrected chi connectivity index (χ1v) is 5.00. The van der Waals surface area contributed by atoms with Gasteiger partial charge in [-0.05, 0) is 0 Å². The van der Waals surface area contributed by atoms with Gasteiger partial charge in [0.2, 0.25) is 0 Å². The molecule has 11 heavy (non-hydrogen) atoms. The first-order chi connectivity index (χ1) is 5.00. The Balaban J connectivity index is -0.00000000500. The van der Waals surface area contributed by atoms with Crippen molar-refractivity contribution in [3.63, 3.8) is 0 Å². The Labute approximate surface area is 84.7 Å². The van der Waals surface area contributed by atoms with E-state index in [1.165, 1.54) is 0 Å². The lowest BCUT2D eigenvalue weighted by molar-refractivity contribution is 1.50. The van der Waals surface area contributed by atoms with E-state index < -0.39 is 0 Å². The van der Waals surface area contributed by atoms with Gasteiger partial charge in [0.25, 0.3) is 0 Å². The third-order valence-electron chi connectivity index (χ3n) is 0. The summed E-state index contributed by atoms with van der Waals surface area (Å²) in [4.78, 5) is 0. The van der Waals surface area contributed by atoms with Crippen molar-refractivity contribution in [2.75, 3.05) is 0 Å². The molecular formula is C10H34S. The maximum Gasteiger partial charge on any atom is 0 e. The minimum atomic E-state index is 0. The summed E-state index contributed by atoms with van der Waals surface area (Å²) in [5.74, 6) is 0. The molecule has 0 unspecified atom stereocenters. The third kappa shape index (κ3) is 5890. The van der Waals surface area contributed by atoms with Gasteiger partial charge in [0.15, 0.2) is 0 Å². The highest BCUT2D eigenvalue weighted by Crippen LogP contribution is 1.15. The highest BCUT2D eigenvalue weighted by atomic mass is 32.1. The van der Waals surface area contributed by atoms with E-state index in [-0.39, 0.29) is 14.9 Å². The molecule has 0 N–H and O–H groups in total. The molecule has 80 valence electrons. The average Bonchev–Trinajstić information content (AvgIpc) is 2.20. The second-order valence-electron chi connectivity index (χ2n) is 0. The lowest BCUT2D eigenvalue weighted by Gasteiger charge is -1.07. The maximum absolute atomic E-state index is 2.00. The average molecular weight is 188 g/mol. The van der Waals surface area contributed by atoms with Crippen molar-refractivity contribution in [3.8, 4) is 0 Å². The van der Waals surface area contributed by atoms with Crippen molar-refractivity contribution in [1.82, 2.24) is 0 Å². The molecule has 0 aromatic heterocycles. The molecular weight excluding hydrogens is 152 g/mol. The van der Waals surface area contributed by atoms with Gasteiger partial charge in [-0.15, -0.1) is 0 Å². The molecule has 0 saturated carbocycles. The summed E-state index contributed by atoms with van der Waals surface area (Å²) in [6.07, 6.45) is 0. The molecule has 0 fully saturated rings. The Hall–Kier alpha value is 0.350. The summed E-state index contributed by atoms with van der Waals surface area (Å²) in [5.41, 5.74) is 0. The minimum absolute atomic E-state index is 0. The van der Waals surface area contributed by atoms with Crippen molar-refractivity contribution in [3.05, 3.63) is 0 Å². The zero-order chi connectivity index (χ0) is 10.0. The van der Waals surface area contributed by atoms with Gasteiger partial charge < -0.3 is 0 Å². The van der Waals surface area contributed by atoms with Crippen molar-refractivity contribution < 1.29 is 1.43 Å². The Morgan fingerprint density at radius 2 is 0.364 bits per heavy atom. The SMILES string of the molecule is CC.CC.CC.CC.CC.S.[3HH]. The lowest BCUT2D eigenvalue weighted by atomic mass is 11.0. The van der Waals surface area contributed by atoms with E-state index in [1.54, 1.807) is 0 Å². The smallest absolute Gasteiger partial charge is 0 e. The van der Waals surface area contributed by atoms with E-state index in [1.807, 2.05) is 69.2 Å². The van der Waals surface area contributed by atoms with Gasteiger partial charge in [0.1, 0.15) is 0 Å². The summed E-state index contributed by atoms with van der Waals surface area (Å²) in [7, 11) is 0. The Kier molecular flexibility index (Phi) is 28500. The largest absolute Gasteiger partial charge is 0.197 e. The quantitative estimate of drug-likeness (QED) is 0.471. The summed E-state index contributed by atoms with van der Waals surface area (Å²) >= 11 is 0. The van der Waals surface area contributed by atoms with Crippen molar-refractivity contribution >= 4 is 13.5 Å². The van der Waals surface area contributed by atoms with Gasteiger partial charge in [-0.3, -0.25) is 0 Å². The molecule has 0 heterocycles. The van der Waals surface area contributed by atoms with Crippen LogP contribution in [0.15, 0.2) is 0 Å². The Morgan fingerprint density at radius 1 is 0.364 bits per heavy atom. The molecule has 0 aliphatic carbocycles. The molecule has 0 aliphatic rings. The van der Waals surface area contributed by atoms with Crippen LogP contribution in [0, 0.1) is 0 Å². The van der Waals surface area contributed by atoms with Crippen LogP contribution in [-0.4, -0.2) is 0 Å². The molecule has 0 nitrogen and oxygen atoms in total. The number of rotatable bonds is 0. The Bertz CT molecular complexity index is 9.80. The summed E-state index contributed by atoms with van der Waals surface area (Å²) in [6, 6.07) is 0. The minimum Gasteiger partial charge on any atom is -0.197 e. The first-order valence-electron chi connectivity index (χ1n) is 5.00. The van der Waals surface area contributed by atoms with E-state index in [9.17, 15) is 0 Å². The molecule has 0 aromatic rings. The molecule has 0 rings (SSSR count). The second-order valence-corrected chi connectivity index (χ2v) is 0. The van der Waals surface area contributed by atoms with Gasteiger partial charge in [-0.1, -0.05) is 69.2 Å². The van der Waals surface area contributed by atoms with Crippen molar-refractivity contribution in [2.24, 2.45) is 0 Å². The lowest BCUT2D eigenvalue weighted by Crippen LogP contribution is -0.856. The standard InChI is InChI=1S/5C2H6.H2S.H2/c5*1-2;;/h5*1-2H3;1H2;1H/i;;;;;;1+2. The second kappa shape index (κ2) is 7390. The molecule has 0 spiro atoms. The van der Waals surface area contributed by atoms with Crippen LogP contribution in [0.4, 0.5) is 0 Å². The Morgan fingerprint density at radius 3 is 0.364 bits per heavy atom. The van der Waals surface area contributed by atoms with Crippen LogP contribution in [0.1, 0.15) is 70.7 Å². The molecule has 0 radical (unpaired) electrons. The van der Waals surface area contributed by atoms with Crippen LogP contribution in [0.3, 0.4) is 0 Å². The van der Waals surface area contributed by atoms with Crippen LogP contribution in [0.2, 0.25) is 0 Å². The van der Waals surface area contributed by atoms with Gasteiger partial charge in [-0.2, -0.15) is 13.5 Å². The zero-order valence-electron chi connectivity index (χ0n) is 10.5. The van der Waals surface area contributed by atoms with Gasteiger partial charge >= 0.3 is 0 Å². The molecule has 0 saturated heterocycles. The van der Waals surface area contributed by atoms with Gasteiger partial charge in [0, 0.05) is 1.43 Å². The summed E-state index contributed by atoms with van der Waals surface area (Å²) in [6.45, 7) is 20.0. The van der Waals surface area contributed by atoms with Crippen LogP contribution < -0.4 is 0 Å². The van der Waals surface area contributed by atoms with E-state index in [0.717, 1.165) is 0 Å². The van der Waals surface area contributed by atoms with Crippen molar-refractivity contribution in [1.29, 1.82) is 0 Å². The highest BCUT2D eigenvalue weighted by Gasteiger charge is 0.940. The van der Waals surface area contributed by atoms with Gasteiger partial charge in [-0.25, -0.2) is 0 Å². The fourth-order valence-corrected chi connectivity index (χ4v) is 0. The first kappa shape index (κ1) is 42.5. The van der Waals surface area contributed by atoms with E-state index >= 15 is 0 Å². The van der Waals surface area contributed by atoms with Crippen LogP contribution in [0.25, 0.3) is 0 Å². The molecule has 0 aliphatic heterocycles. The van der Waals surface area contributed by atoms with Crippen LogP contribution in [-0.2, 0) is 0 Å². The van der Waals surface area contributed by atoms with Gasteiger partial charge in [0.05, 0.1) is 0 Å². The highest BCUT2D eigenvalue weighted by molar-refractivity contribution is 7.59. The zero-order valence-corrected chi connectivity index (χ0v) is 11.5. The molecule has 0 bridgehead atoms. The normalized spacial score (nSPS) is 2.73. The third-order valence-corrected chi connectivity index (χ3v) is 0. The van der Waals surface area contributed by atoms with E-state index in [0.29, 0.717) is 0 Å². The predicted octanol–water partition coefficient (Wildman–Crippen LogP) is 5.49. The number of hydrogen-bond donors (Lipinski definition) is 0. The molecule has 1 heteroatoms. The molecule has 0 aromatic carbocycles. The van der Waals surface area contributed by atoms with Crippen LogP contribution >= 0.6 is 13.5 Å². The maximum atomic E-state index is 2.00. The predicted molar refractivity (Wildman–Crippen MR) is 69.2 cm³/mol.